The fraction of sp³-hybridized carbons (Fsp3) is 0.538. The Hall–Kier alpha value is -1.20. The van der Waals surface area contributed by atoms with Crippen LogP contribution in [0.3, 0.4) is 0 Å². The lowest BCUT2D eigenvalue weighted by Gasteiger charge is -2.09. The molecule has 4 nitrogen and oxygen atoms in total. The molecule has 1 aromatic heterocycles. The van der Waals surface area contributed by atoms with Gasteiger partial charge in [0.15, 0.2) is 0 Å². The van der Waals surface area contributed by atoms with Gasteiger partial charge in [-0.25, -0.2) is 9.78 Å². The van der Waals surface area contributed by atoms with Gasteiger partial charge in [-0.15, -0.1) is 11.3 Å². The molecule has 18 heavy (non-hydrogen) atoms. The number of nitrogens with one attached hydrogen (secondary N) is 1. The zero-order valence-corrected chi connectivity index (χ0v) is 12.1. The SMILES string of the molecule is CCc1cnc(C(C)NC/C=C(/C)C(=O)OC)s1. The summed E-state index contributed by atoms with van der Waals surface area (Å²) in [5.74, 6) is -0.285. The van der Waals surface area contributed by atoms with E-state index in [0.29, 0.717) is 12.1 Å². The molecule has 1 aromatic rings. The second kappa shape index (κ2) is 7.28. The molecule has 1 unspecified atom stereocenters. The van der Waals surface area contributed by atoms with Gasteiger partial charge in [0.25, 0.3) is 0 Å². The van der Waals surface area contributed by atoms with Gasteiger partial charge in [0, 0.05) is 23.2 Å². The molecule has 0 aromatic carbocycles. The number of carbonyl (C=O) groups is 1. The minimum absolute atomic E-state index is 0.192. The monoisotopic (exact) mass is 268 g/mol. The molecule has 0 aliphatic rings. The number of thiazole rings is 1. The van der Waals surface area contributed by atoms with Crippen molar-refractivity contribution in [3.05, 3.63) is 27.7 Å². The summed E-state index contributed by atoms with van der Waals surface area (Å²) in [6.45, 7) is 6.57. The highest BCUT2D eigenvalue weighted by molar-refractivity contribution is 7.11. The average molecular weight is 268 g/mol. The summed E-state index contributed by atoms with van der Waals surface area (Å²) < 4.78 is 4.63. The lowest BCUT2D eigenvalue weighted by atomic mass is 10.2. The second-order valence-electron chi connectivity index (χ2n) is 4.03. The molecular weight excluding hydrogens is 248 g/mol. The van der Waals surface area contributed by atoms with Gasteiger partial charge in [0.2, 0.25) is 0 Å². The van der Waals surface area contributed by atoms with Gasteiger partial charge in [-0.05, 0) is 20.3 Å². The van der Waals surface area contributed by atoms with Crippen LogP contribution in [0.15, 0.2) is 17.8 Å². The molecule has 0 aliphatic carbocycles. The molecule has 0 bridgehead atoms. The van der Waals surface area contributed by atoms with Crippen LogP contribution in [-0.2, 0) is 16.0 Å². The quantitative estimate of drug-likeness (QED) is 0.636. The van der Waals surface area contributed by atoms with Crippen LogP contribution < -0.4 is 5.32 Å². The average Bonchev–Trinajstić information content (AvgIpc) is 2.86. The van der Waals surface area contributed by atoms with Crippen molar-refractivity contribution in [2.75, 3.05) is 13.7 Å². The maximum Gasteiger partial charge on any atom is 0.333 e. The lowest BCUT2D eigenvalue weighted by molar-refractivity contribution is -0.136. The van der Waals surface area contributed by atoms with Crippen LogP contribution in [0.4, 0.5) is 0 Å². The Labute approximate surface area is 112 Å². The third kappa shape index (κ3) is 4.23. The summed E-state index contributed by atoms with van der Waals surface area (Å²) in [6, 6.07) is 0.192. The van der Waals surface area contributed by atoms with E-state index >= 15 is 0 Å². The van der Waals surface area contributed by atoms with E-state index in [1.165, 1.54) is 12.0 Å². The van der Waals surface area contributed by atoms with Gasteiger partial charge in [-0.2, -0.15) is 0 Å². The van der Waals surface area contributed by atoms with Gasteiger partial charge in [-0.3, -0.25) is 0 Å². The number of aromatic nitrogens is 1. The molecule has 0 saturated heterocycles. The molecule has 0 amide bonds. The van der Waals surface area contributed by atoms with Crippen LogP contribution in [0.5, 0.6) is 0 Å². The summed E-state index contributed by atoms with van der Waals surface area (Å²) in [7, 11) is 1.39. The van der Waals surface area contributed by atoms with E-state index in [0.717, 1.165) is 11.4 Å². The molecule has 0 aliphatic heterocycles. The Morgan fingerprint density at radius 2 is 2.39 bits per heavy atom. The fourth-order valence-electron chi connectivity index (χ4n) is 1.41. The summed E-state index contributed by atoms with van der Waals surface area (Å²) in [6.07, 6.45) is 4.77. The number of esters is 1. The first-order valence-electron chi connectivity index (χ1n) is 6.01. The van der Waals surface area contributed by atoms with Gasteiger partial charge in [0.1, 0.15) is 5.01 Å². The third-order valence-electron chi connectivity index (χ3n) is 2.63. The molecule has 1 N–H and O–H groups in total. The zero-order valence-electron chi connectivity index (χ0n) is 11.3. The summed E-state index contributed by atoms with van der Waals surface area (Å²) in [5, 5.41) is 4.39. The number of methoxy groups -OCH3 is 1. The molecule has 1 rings (SSSR count). The molecule has 0 radical (unpaired) electrons. The maximum absolute atomic E-state index is 11.2. The predicted molar refractivity (Wildman–Crippen MR) is 73.7 cm³/mol. The highest BCUT2D eigenvalue weighted by Gasteiger charge is 2.09. The molecule has 0 fully saturated rings. The maximum atomic E-state index is 11.2. The van der Waals surface area contributed by atoms with Gasteiger partial charge >= 0.3 is 5.97 Å². The van der Waals surface area contributed by atoms with Crippen LogP contribution in [0.1, 0.15) is 36.7 Å². The Bertz CT molecular complexity index is 426. The highest BCUT2D eigenvalue weighted by Crippen LogP contribution is 2.19. The number of aryl methyl sites for hydroxylation is 1. The summed E-state index contributed by atoms with van der Waals surface area (Å²) >= 11 is 1.72. The minimum atomic E-state index is -0.285. The van der Waals surface area contributed by atoms with Crippen molar-refractivity contribution in [3.63, 3.8) is 0 Å². The number of ether oxygens (including phenoxy) is 1. The smallest absolute Gasteiger partial charge is 0.333 e. The molecule has 5 heteroatoms. The Morgan fingerprint density at radius 3 is 2.94 bits per heavy atom. The Balaban J connectivity index is 2.46. The van der Waals surface area contributed by atoms with E-state index in [-0.39, 0.29) is 12.0 Å². The first kappa shape index (κ1) is 14.9. The van der Waals surface area contributed by atoms with Crippen molar-refractivity contribution >= 4 is 17.3 Å². The van der Waals surface area contributed by atoms with Crippen LogP contribution >= 0.6 is 11.3 Å². The molecule has 0 spiro atoms. The highest BCUT2D eigenvalue weighted by atomic mass is 32.1. The zero-order chi connectivity index (χ0) is 13.5. The number of nitrogens with zero attached hydrogens (tertiary/aromatic N) is 1. The van der Waals surface area contributed by atoms with E-state index in [4.69, 9.17) is 0 Å². The normalized spacial score (nSPS) is 13.4. The standard InChI is InChI=1S/C13H20N2O2S/c1-5-11-8-15-12(18-11)10(3)14-7-6-9(2)13(16)17-4/h6,8,10,14H,5,7H2,1-4H3/b9-6-. The topological polar surface area (TPSA) is 51.2 Å². The molecule has 0 saturated carbocycles. The van der Waals surface area contributed by atoms with Crippen LogP contribution in [0.2, 0.25) is 0 Å². The van der Waals surface area contributed by atoms with Crippen molar-refractivity contribution < 1.29 is 9.53 Å². The van der Waals surface area contributed by atoms with Crippen LogP contribution in [0, 0.1) is 0 Å². The summed E-state index contributed by atoms with van der Waals surface area (Å²) in [4.78, 5) is 16.8. The molecule has 1 atom stereocenters. The number of rotatable bonds is 6. The largest absolute Gasteiger partial charge is 0.466 e. The first-order valence-corrected chi connectivity index (χ1v) is 6.83. The Morgan fingerprint density at radius 1 is 1.67 bits per heavy atom. The van der Waals surface area contributed by atoms with E-state index in [2.05, 4.69) is 28.9 Å². The van der Waals surface area contributed by atoms with Crippen LogP contribution in [0.25, 0.3) is 0 Å². The molecule has 100 valence electrons. The van der Waals surface area contributed by atoms with Gasteiger partial charge in [0.05, 0.1) is 13.2 Å². The number of hydrogen-bond donors (Lipinski definition) is 1. The van der Waals surface area contributed by atoms with Gasteiger partial charge < -0.3 is 10.1 Å². The van der Waals surface area contributed by atoms with Crippen molar-refractivity contribution in [2.45, 2.75) is 33.2 Å². The van der Waals surface area contributed by atoms with Crippen molar-refractivity contribution in [3.8, 4) is 0 Å². The van der Waals surface area contributed by atoms with Crippen molar-refractivity contribution in [2.24, 2.45) is 0 Å². The molecular formula is C13H20N2O2S. The van der Waals surface area contributed by atoms with Crippen molar-refractivity contribution in [1.82, 2.24) is 10.3 Å². The number of carbonyl (C=O) groups excluding carboxylic acids is 1. The van der Waals surface area contributed by atoms with E-state index < -0.39 is 0 Å². The predicted octanol–water partition coefficient (Wildman–Crippen LogP) is 2.48. The van der Waals surface area contributed by atoms with Crippen LogP contribution in [-0.4, -0.2) is 24.6 Å². The number of hydrogen-bond acceptors (Lipinski definition) is 5. The minimum Gasteiger partial charge on any atom is -0.466 e. The fourth-order valence-corrected chi connectivity index (χ4v) is 2.29. The second-order valence-corrected chi connectivity index (χ2v) is 5.17. The van der Waals surface area contributed by atoms with E-state index in [1.54, 1.807) is 18.3 Å². The van der Waals surface area contributed by atoms with Crippen molar-refractivity contribution in [1.29, 1.82) is 0 Å². The lowest BCUT2D eigenvalue weighted by Crippen LogP contribution is -2.19. The van der Waals surface area contributed by atoms with E-state index in [1.807, 2.05) is 12.3 Å². The third-order valence-corrected chi connectivity index (χ3v) is 3.95. The van der Waals surface area contributed by atoms with E-state index in [9.17, 15) is 4.79 Å². The molecule has 1 heterocycles. The Kier molecular flexibility index (Phi) is 6.01. The first-order chi connectivity index (χ1) is 8.58. The van der Waals surface area contributed by atoms with Gasteiger partial charge in [-0.1, -0.05) is 13.0 Å². The summed E-state index contributed by atoms with van der Waals surface area (Å²) in [5.41, 5.74) is 0.616.